The monoisotopic (exact) mass is 907 g/mol. The molecule has 0 unspecified atom stereocenters. The van der Waals surface area contributed by atoms with Crippen molar-refractivity contribution in [3.63, 3.8) is 0 Å². The maximum absolute atomic E-state index is 14.8. The number of allylic oxidation sites excluding steroid dienone is 1. The van der Waals surface area contributed by atoms with E-state index >= 15 is 0 Å². The number of nitrogens with one attached hydrogen (secondary N) is 3. The highest BCUT2D eigenvalue weighted by Crippen LogP contribution is 2.46. The third kappa shape index (κ3) is 8.84. The number of aromatic nitrogens is 3. The highest BCUT2D eigenvalue weighted by molar-refractivity contribution is 7.91. The number of benzene rings is 1. The molecule has 5 atom stereocenters. The molecule has 20 heteroatoms. The van der Waals surface area contributed by atoms with E-state index in [0.717, 1.165) is 25.3 Å². The molecule has 4 fully saturated rings. The van der Waals surface area contributed by atoms with Crippen molar-refractivity contribution in [3.8, 4) is 17.3 Å². The lowest BCUT2D eigenvalue weighted by Gasteiger charge is -2.30. The van der Waals surface area contributed by atoms with Crippen molar-refractivity contribution in [1.29, 1.82) is 0 Å². The first-order chi connectivity index (χ1) is 30.6. The molecule has 16 nitrogen and oxygen atoms in total. The fraction of sp³-hybridized carbons (Fsp3) is 0.523. The third-order valence-electron chi connectivity index (χ3n) is 12.8. The topological polar surface area (TPSA) is 212 Å². The van der Waals surface area contributed by atoms with Gasteiger partial charge in [-0.25, -0.2) is 23.2 Å². The average Bonchev–Trinajstić information content (AvgIpc) is 4.06. The number of ether oxygens (including phenoxy) is 2. The Labute approximate surface area is 366 Å². The minimum absolute atomic E-state index is 0.00285. The minimum atomic E-state index is -4.69. The molecule has 0 bridgehead atoms. The summed E-state index contributed by atoms with van der Waals surface area (Å²) in [5.74, 6) is -2.83. The highest BCUT2D eigenvalue weighted by atomic mass is 32.2. The van der Waals surface area contributed by atoms with Gasteiger partial charge in [0, 0.05) is 29.0 Å². The van der Waals surface area contributed by atoms with E-state index in [1.165, 1.54) is 17.9 Å². The molecule has 1 aromatic carbocycles. The van der Waals surface area contributed by atoms with Gasteiger partial charge in [-0.3, -0.25) is 19.1 Å². The maximum atomic E-state index is 14.8. The van der Waals surface area contributed by atoms with E-state index in [1.54, 1.807) is 24.3 Å². The Morgan fingerprint density at radius 2 is 1.72 bits per heavy atom. The zero-order valence-electron chi connectivity index (χ0n) is 35.0. The molecule has 5 heterocycles. The number of amides is 4. The highest BCUT2D eigenvalue weighted by Gasteiger charge is 2.62. The summed E-state index contributed by atoms with van der Waals surface area (Å²) in [6.45, 7) is 1.20. The van der Waals surface area contributed by atoms with Crippen molar-refractivity contribution in [2.45, 2.75) is 132 Å². The molecule has 0 radical (unpaired) electrons. The molecule has 4 amide bonds. The number of aryl methyl sites for hydroxylation is 1. The van der Waals surface area contributed by atoms with Crippen LogP contribution in [0.5, 0.6) is 5.88 Å². The Morgan fingerprint density at radius 1 is 0.953 bits per heavy atom. The van der Waals surface area contributed by atoms with Gasteiger partial charge in [0.25, 0.3) is 11.8 Å². The van der Waals surface area contributed by atoms with Crippen molar-refractivity contribution >= 4 is 55.9 Å². The number of carbonyl (C=O) groups is 4. The Morgan fingerprint density at radius 3 is 2.47 bits per heavy atom. The van der Waals surface area contributed by atoms with E-state index in [-0.39, 0.29) is 60.5 Å². The zero-order chi connectivity index (χ0) is 45.0. The van der Waals surface area contributed by atoms with E-state index < -0.39 is 80.6 Å². The number of rotatable bonds is 8. The first-order valence-electron chi connectivity index (χ1n) is 21.8. The standard InChI is InChI=1S/C44H48F3N7O9S/c1-24-29(19-20-34(48-24)44(45,46)47)37-50-35-30-14-9-10-16-33(30)63-36(35)39(51-37)61-27-21-32-38(55)52-43(41(57)53-64(59,60)28-17-18-28)22-25(43)11-5-3-2-4-6-15-31(40(56)54(32)23-27)49-42(58)62-26-12-7-8-13-26/h5,9-11,14,16,19-20,25-28,31-32H,2-4,6-8,12-13,15,17-18,21-23H2,1H3,(H,49,58)(H,52,55)(H,53,57)/b11-5-/t25-,27-,31+,32+,43-/m1/s1. The van der Waals surface area contributed by atoms with Gasteiger partial charge in [-0.2, -0.15) is 18.2 Å². The van der Waals surface area contributed by atoms with Crippen LogP contribution < -0.4 is 20.1 Å². The van der Waals surface area contributed by atoms with Gasteiger partial charge in [-0.15, -0.1) is 0 Å². The predicted molar refractivity (Wildman–Crippen MR) is 224 cm³/mol. The Balaban J connectivity index is 1.06. The van der Waals surface area contributed by atoms with Crippen LogP contribution >= 0.6 is 0 Å². The number of alkyl halides is 3. The second kappa shape index (κ2) is 17.0. The molecular weight excluding hydrogens is 860 g/mol. The van der Waals surface area contributed by atoms with Gasteiger partial charge in [0.15, 0.2) is 5.82 Å². The number of hydrogen-bond donors (Lipinski definition) is 3. The van der Waals surface area contributed by atoms with Gasteiger partial charge in [0.1, 0.15) is 46.6 Å². The van der Waals surface area contributed by atoms with Crippen LogP contribution in [-0.4, -0.2) is 93.7 Å². The summed E-state index contributed by atoms with van der Waals surface area (Å²) in [6, 6.07) is 6.65. The number of nitrogens with zero attached hydrogens (tertiary/aromatic N) is 4. The second-order valence-corrected chi connectivity index (χ2v) is 19.4. The number of furan rings is 1. The molecule has 0 spiro atoms. The number of hydrogen-bond acceptors (Lipinski definition) is 12. The summed E-state index contributed by atoms with van der Waals surface area (Å²) in [5, 5.41) is 5.48. The molecule has 5 aliphatic rings. The SMILES string of the molecule is Cc1nc(C(F)(F)F)ccc1-c1nc(O[C@@H]2C[C@H]3C(=O)N[C@]4(C(=O)NS(=O)(=O)C5CC5)C[C@H]4/C=C\CCCCC[C@H](NC(=O)OC4CCCC4)C(=O)N3C2)c2oc3ccccc3c2n1. The minimum Gasteiger partial charge on any atom is -0.470 e. The average molecular weight is 908 g/mol. The van der Waals surface area contributed by atoms with Gasteiger partial charge in [0.05, 0.1) is 11.8 Å². The summed E-state index contributed by atoms with van der Waals surface area (Å²) in [7, 11) is -3.98. The molecule has 64 heavy (non-hydrogen) atoms. The Hall–Kier alpha value is -5.79. The molecule has 3 aliphatic carbocycles. The van der Waals surface area contributed by atoms with E-state index in [1.807, 2.05) is 12.2 Å². The number of pyridine rings is 1. The van der Waals surface area contributed by atoms with Crippen molar-refractivity contribution in [1.82, 2.24) is 35.2 Å². The fourth-order valence-electron chi connectivity index (χ4n) is 9.06. The van der Waals surface area contributed by atoms with E-state index in [0.29, 0.717) is 61.4 Å². The second-order valence-electron chi connectivity index (χ2n) is 17.5. The number of alkyl carbamates (subject to hydrolysis) is 1. The van der Waals surface area contributed by atoms with Crippen LogP contribution in [0.3, 0.4) is 0 Å². The number of para-hydroxylation sites is 1. The summed E-state index contributed by atoms with van der Waals surface area (Å²) in [5.41, 5.74) is -1.68. The van der Waals surface area contributed by atoms with Crippen molar-refractivity contribution in [2.75, 3.05) is 6.54 Å². The van der Waals surface area contributed by atoms with Crippen LogP contribution in [0, 0.1) is 12.8 Å². The van der Waals surface area contributed by atoms with Crippen LogP contribution in [0.25, 0.3) is 33.5 Å². The third-order valence-corrected chi connectivity index (χ3v) is 14.6. The Kier molecular flexibility index (Phi) is 11.5. The fourth-order valence-corrected chi connectivity index (χ4v) is 10.4. The van der Waals surface area contributed by atoms with E-state index in [9.17, 15) is 40.8 Å². The van der Waals surface area contributed by atoms with Crippen molar-refractivity contribution in [2.24, 2.45) is 5.92 Å². The van der Waals surface area contributed by atoms with Crippen LogP contribution in [0.1, 0.15) is 94.9 Å². The van der Waals surface area contributed by atoms with E-state index in [2.05, 4.69) is 30.3 Å². The first kappa shape index (κ1) is 43.5. The smallest absolute Gasteiger partial charge is 0.433 e. The molecule has 9 rings (SSSR count). The largest absolute Gasteiger partial charge is 0.470 e. The van der Waals surface area contributed by atoms with Gasteiger partial charge in [-0.05, 0) is 95.4 Å². The molecule has 3 N–H and O–H groups in total. The maximum Gasteiger partial charge on any atom is 0.433 e. The number of halogens is 3. The molecule has 3 aromatic heterocycles. The van der Waals surface area contributed by atoms with Crippen LogP contribution in [0.2, 0.25) is 0 Å². The number of sulfonamides is 1. The molecule has 3 saturated carbocycles. The molecule has 1 saturated heterocycles. The van der Waals surface area contributed by atoms with Gasteiger partial charge in [0.2, 0.25) is 27.4 Å². The normalized spacial score (nSPS) is 26.3. The summed E-state index contributed by atoms with van der Waals surface area (Å²) in [4.78, 5) is 70.9. The van der Waals surface area contributed by atoms with Crippen molar-refractivity contribution < 1.29 is 54.7 Å². The lowest BCUT2D eigenvalue weighted by molar-refractivity contribution is -0.141. The van der Waals surface area contributed by atoms with Gasteiger partial charge >= 0.3 is 12.3 Å². The molecular formula is C44H48F3N7O9S. The molecule has 340 valence electrons. The quantitative estimate of drug-likeness (QED) is 0.170. The van der Waals surface area contributed by atoms with E-state index in [4.69, 9.17) is 13.9 Å². The molecule has 4 aromatic rings. The van der Waals surface area contributed by atoms with Crippen LogP contribution in [-0.2, 0) is 35.3 Å². The lowest BCUT2D eigenvalue weighted by atomic mass is 10.0. The van der Waals surface area contributed by atoms with Crippen LogP contribution in [0.4, 0.5) is 18.0 Å². The lowest BCUT2D eigenvalue weighted by Crippen LogP contribution is -2.58. The number of carbonyl (C=O) groups excluding carboxylic acids is 4. The molecule has 2 aliphatic heterocycles. The summed E-state index contributed by atoms with van der Waals surface area (Å²) in [6.07, 6.45) is 4.01. The first-order valence-corrected chi connectivity index (χ1v) is 23.4. The zero-order valence-corrected chi connectivity index (χ0v) is 35.8. The number of fused-ring (bicyclic) bond motifs is 5. The van der Waals surface area contributed by atoms with Gasteiger partial charge < -0.3 is 29.4 Å². The predicted octanol–water partition coefficient (Wildman–Crippen LogP) is 6.15. The van der Waals surface area contributed by atoms with Gasteiger partial charge in [-0.1, -0.05) is 37.1 Å². The van der Waals surface area contributed by atoms with Crippen molar-refractivity contribution in [3.05, 3.63) is 59.9 Å². The van der Waals surface area contributed by atoms with Crippen LogP contribution in [0.15, 0.2) is 53.0 Å². The Bertz CT molecular complexity index is 2650. The summed E-state index contributed by atoms with van der Waals surface area (Å²) >= 11 is 0. The summed E-state index contributed by atoms with van der Waals surface area (Å²) < 4.78 is 87.3.